The first-order chi connectivity index (χ1) is 10.1. The molecule has 0 saturated carbocycles. The van der Waals surface area contributed by atoms with Gasteiger partial charge in [-0.3, -0.25) is 9.69 Å². The Kier molecular flexibility index (Phi) is 4.20. The molecule has 3 rings (SSSR count). The number of carbonyl (C=O) groups excluding carboxylic acids is 1. The van der Waals surface area contributed by atoms with E-state index in [9.17, 15) is 4.79 Å². The molecule has 2 heterocycles. The molecular formula is C16H22ClN3O. The topological polar surface area (TPSA) is 58.4 Å². The van der Waals surface area contributed by atoms with Gasteiger partial charge in [0.2, 0.25) is 5.91 Å². The molecule has 0 aromatic heterocycles. The summed E-state index contributed by atoms with van der Waals surface area (Å²) in [7, 11) is 0. The third-order valence-electron chi connectivity index (χ3n) is 4.69. The molecule has 4 atom stereocenters. The van der Waals surface area contributed by atoms with Crippen molar-refractivity contribution in [3.8, 4) is 0 Å². The second kappa shape index (κ2) is 5.95. The van der Waals surface area contributed by atoms with Crippen LogP contribution in [0.3, 0.4) is 0 Å². The predicted molar refractivity (Wildman–Crippen MR) is 84.1 cm³/mol. The van der Waals surface area contributed by atoms with Crippen molar-refractivity contribution in [2.75, 3.05) is 13.1 Å². The minimum Gasteiger partial charge on any atom is -0.354 e. The second-order valence-corrected chi connectivity index (χ2v) is 6.59. The predicted octanol–water partition coefficient (Wildman–Crippen LogP) is 1.94. The smallest absolute Gasteiger partial charge is 0.224 e. The van der Waals surface area contributed by atoms with E-state index in [1.165, 1.54) is 0 Å². The van der Waals surface area contributed by atoms with Gasteiger partial charge in [-0.25, -0.2) is 0 Å². The number of rotatable bonds is 3. The number of halogens is 1. The molecule has 0 aliphatic carbocycles. The fourth-order valence-electron chi connectivity index (χ4n) is 3.82. The first-order valence-corrected chi connectivity index (χ1v) is 8.00. The fraction of sp³-hybridized carbons (Fsp3) is 0.562. The number of piperidine rings is 1. The van der Waals surface area contributed by atoms with E-state index < -0.39 is 0 Å². The lowest BCUT2D eigenvalue weighted by molar-refractivity contribution is -0.124. The van der Waals surface area contributed by atoms with Crippen molar-refractivity contribution in [2.24, 2.45) is 11.7 Å². The maximum Gasteiger partial charge on any atom is 0.224 e. The van der Waals surface area contributed by atoms with Crippen LogP contribution in [0.2, 0.25) is 5.02 Å². The summed E-state index contributed by atoms with van der Waals surface area (Å²) in [6, 6.07) is 8.25. The van der Waals surface area contributed by atoms with Gasteiger partial charge >= 0.3 is 0 Å². The minimum absolute atomic E-state index is 0.0158. The summed E-state index contributed by atoms with van der Waals surface area (Å²) in [6.07, 6.45) is 2.02. The van der Waals surface area contributed by atoms with Crippen molar-refractivity contribution in [3.63, 3.8) is 0 Å². The van der Waals surface area contributed by atoms with E-state index in [0.29, 0.717) is 0 Å². The highest BCUT2D eigenvalue weighted by atomic mass is 35.5. The van der Waals surface area contributed by atoms with Gasteiger partial charge < -0.3 is 11.1 Å². The van der Waals surface area contributed by atoms with Crippen LogP contribution in [0.4, 0.5) is 0 Å². The maximum absolute atomic E-state index is 11.9. The highest BCUT2D eigenvalue weighted by molar-refractivity contribution is 6.30. The van der Waals surface area contributed by atoms with E-state index in [1.807, 2.05) is 25.1 Å². The summed E-state index contributed by atoms with van der Waals surface area (Å²) in [6.45, 7) is 3.74. The molecule has 114 valence electrons. The SMILES string of the molecule is CC(N)C(c1cccc(Cl)c1)N1CCCC2C(=O)NCC21. The average Bonchev–Trinajstić information content (AvgIpc) is 2.82. The third kappa shape index (κ3) is 2.80. The zero-order valence-electron chi connectivity index (χ0n) is 12.3. The van der Waals surface area contributed by atoms with E-state index >= 15 is 0 Å². The van der Waals surface area contributed by atoms with Crippen LogP contribution in [-0.4, -0.2) is 36.0 Å². The van der Waals surface area contributed by atoms with Crippen LogP contribution in [0, 0.1) is 5.92 Å². The molecule has 4 unspecified atom stereocenters. The summed E-state index contributed by atoms with van der Waals surface area (Å²) in [4.78, 5) is 14.4. The van der Waals surface area contributed by atoms with E-state index in [4.69, 9.17) is 17.3 Å². The van der Waals surface area contributed by atoms with Crippen molar-refractivity contribution < 1.29 is 4.79 Å². The van der Waals surface area contributed by atoms with Gasteiger partial charge in [0.05, 0.1) is 12.0 Å². The molecule has 2 aliphatic rings. The summed E-state index contributed by atoms with van der Waals surface area (Å²) >= 11 is 6.14. The van der Waals surface area contributed by atoms with Crippen LogP contribution in [-0.2, 0) is 4.79 Å². The molecule has 2 aliphatic heterocycles. The summed E-state index contributed by atoms with van der Waals surface area (Å²) in [5, 5.41) is 3.73. The fourth-order valence-corrected chi connectivity index (χ4v) is 4.02. The Hall–Kier alpha value is -1.10. The van der Waals surface area contributed by atoms with Crippen molar-refractivity contribution >= 4 is 17.5 Å². The molecule has 2 saturated heterocycles. The molecular weight excluding hydrogens is 286 g/mol. The second-order valence-electron chi connectivity index (χ2n) is 6.16. The standard InChI is InChI=1S/C16H22ClN3O/c1-10(18)15(11-4-2-5-12(17)8-11)20-7-3-6-13-14(20)9-19-16(13)21/h2,4-5,8,10,13-15H,3,6-7,9,18H2,1H3,(H,19,21). The van der Waals surface area contributed by atoms with Gasteiger partial charge in [0.1, 0.15) is 0 Å². The molecule has 1 aromatic rings. The molecule has 0 radical (unpaired) electrons. The number of fused-ring (bicyclic) bond motifs is 1. The molecule has 0 spiro atoms. The first kappa shape index (κ1) is 14.8. The van der Waals surface area contributed by atoms with Crippen LogP contribution in [0.1, 0.15) is 31.4 Å². The number of hydrogen-bond acceptors (Lipinski definition) is 3. The van der Waals surface area contributed by atoms with E-state index in [-0.39, 0.29) is 30.0 Å². The maximum atomic E-state index is 11.9. The summed E-state index contributed by atoms with van der Waals surface area (Å²) < 4.78 is 0. The van der Waals surface area contributed by atoms with Gasteiger partial charge in [-0.15, -0.1) is 0 Å². The van der Waals surface area contributed by atoms with Gasteiger partial charge in [0.15, 0.2) is 0 Å². The normalized spacial score (nSPS) is 28.8. The van der Waals surface area contributed by atoms with Crippen LogP contribution in [0.5, 0.6) is 0 Å². The lowest BCUT2D eigenvalue weighted by Gasteiger charge is -2.43. The van der Waals surface area contributed by atoms with Gasteiger partial charge in [0.25, 0.3) is 0 Å². The van der Waals surface area contributed by atoms with Crippen LogP contribution < -0.4 is 11.1 Å². The van der Waals surface area contributed by atoms with Crippen molar-refractivity contribution in [1.29, 1.82) is 0 Å². The number of amides is 1. The molecule has 1 aromatic carbocycles. The molecule has 0 bridgehead atoms. The number of nitrogens with zero attached hydrogens (tertiary/aromatic N) is 1. The van der Waals surface area contributed by atoms with E-state index in [1.54, 1.807) is 0 Å². The van der Waals surface area contributed by atoms with Crippen LogP contribution >= 0.6 is 11.6 Å². The lowest BCUT2D eigenvalue weighted by Crippen LogP contribution is -2.51. The molecule has 21 heavy (non-hydrogen) atoms. The van der Waals surface area contributed by atoms with Gasteiger partial charge in [-0.2, -0.15) is 0 Å². The zero-order valence-corrected chi connectivity index (χ0v) is 13.0. The molecule has 1 amide bonds. The largest absolute Gasteiger partial charge is 0.354 e. The molecule has 5 heteroatoms. The quantitative estimate of drug-likeness (QED) is 0.897. The van der Waals surface area contributed by atoms with Crippen molar-refractivity contribution in [2.45, 2.75) is 37.9 Å². The first-order valence-electron chi connectivity index (χ1n) is 7.62. The highest BCUT2D eigenvalue weighted by Crippen LogP contribution is 2.35. The highest BCUT2D eigenvalue weighted by Gasteiger charge is 2.43. The van der Waals surface area contributed by atoms with Crippen LogP contribution in [0.25, 0.3) is 0 Å². The molecule has 2 fully saturated rings. The number of nitrogens with one attached hydrogen (secondary N) is 1. The summed E-state index contributed by atoms with van der Waals surface area (Å²) in [5.74, 6) is 0.304. The average molecular weight is 308 g/mol. The molecule has 3 N–H and O–H groups in total. The Bertz CT molecular complexity index is 534. The van der Waals surface area contributed by atoms with E-state index in [0.717, 1.165) is 36.5 Å². The Morgan fingerprint density at radius 1 is 1.48 bits per heavy atom. The summed E-state index contributed by atoms with van der Waals surface area (Å²) in [5.41, 5.74) is 7.41. The minimum atomic E-state index is -0.0158. The number of carbonyl (C=O) groups is 1. The van der Waals surface area contributed by atoms with Crippen molar-refractivity contribution in [3.05, 3.63) is 34.9 Å². The zero-order chi connectivity index (χ0) is 15.0. The number of benzene rings is 1. The Balaban J connectivity index is 1.92. The Morgan fingerprint density at radius 3 is 3.00 bits per heavy atom. The number of likely N-dealkylation sites (tertiary alicyclic amines) is 1. The third-order valence-corrected chi connectivity index (χ3v) is 4.92. The molecule has 4 nitrogen and oxygen atoms in total. The van der Waals surface area contributed by atoms with Crippen LogP contribution in [0.15, 0.2) is 24.3 Å². The van der Waals surface area contributed by atoms with Gasteiger partial charge in [-0.05, 0) is 44.0 Å². The van der Waals surface area contributed by atoms with E-state index in [2.05, 4.69) is 16.3 Å². The van der Waals surface area contributed by atoms with Gasteiger partial charge in [-0.1, -0.05) is 23.7 Å². The Morgan fingerprint density at radius 2 is 2.29 bits per heavy atom. The number of nitrogens with two attached hydrogens (primary N) is 1. The lowest BCUT2D eigenvalue weighted by atomic mass is 9.87. The number of hydrogen-bond donors (Lipinski definition) is 2. The Labute approximate surface area is 130 Å². The van der Waals surface area contributed by atoms with Gasteiger partial charge in [0, 0.05) is 23.7 Å². The van der Waals surface area contributed by atoms with Crippen molar-refractivity contribution in [1.82, 2.24) is 10.2 Å². The monoisotopic (exact) mass is 307 g/mol.